The van der Waals surface area contributed by atoms with Gasteiger partial charge in [0, 0.05) is 13.0 Å². The van der Waals surface area contributed by atoms with E-state index in [2.05, 4.69) is 9.47 Å². The number of hydrogen-bond donors (Lipinski definition) is 2. The molecular weight excluding hydrogens is 232 g/mol. The Balaban J connectivity index is 0.000000325. The van der Waals surface area contributed by atoms with Crippen molar-refractivity contribution >= 4 is 17.9 Å². The summed E-state index contributed by atoms with van der Waals surface area (Å²) < 4.78 is 9.19. The molecule has 0 bridgehead atoms. The number of ether oxygens (including phenoxy) is 2. The van der Waals surface area contributed by atoms with Crippen LogP contribution in [0.4, 0.5) is 0 Å². The SMILES string of the molecule is CC1OC(=O)C(C)OC1=O.O=C(O)CCCO. The van der Waals surface area contributed by atoms with Gasteiger partial charge in [0.15, 0.2) is 12.2 Å². The molecule has 0 spiro atoms. The highest BCUT2D eigenvalue weighted by Gasteiger charge is 2.32. The van der Waals surface area contributed by atoms with Gasteiger partial charge in [0.1, 0.15) is 0 Å². The van der Waals surface area contributed by atoms with Crippen LogP contribution in [0.15, 0.2) is 0 Å². The Kier molecular flexibility index (Phi) is 6.88. The van der Waals surface area contributed by atoms with E-state index in [0.717, 1.165) is 0 Å². The van der Waals surface area contributed by atoms with Gasteiger partial charge in [-0.05, 0) is 20.3 Å². The first kappa shape index (κ1) is 15.4. The molecule has 0 aromatic carbocycles. The summed E-state index contributed by atoms with van der Waals surface area (Å²) in [4.78, 5) is 30.9. The third kappa shape index (κ3) is 6.52. The smallest absolute Gasteiger partial charge is 0.347 e. The van der Waals surface area contributed by atoms with E-state index in [1.165, 1.54) is 13.8 Å². The highest BCUT2D eigenvalue weighted by Crippen LogP contribution is 2.08. The molecule has 0 aromatic rings. The minimum Gasteiger partial charge on any atom is -0.481 e. The monoisotopic (exact) mass is 248 g/mol. The van der Waals surface area contributed by atoms with Crippen LogP contribution in [0.5, 0.6) is 0 Å². The molecular formula is C10H16O7. The molecule has 1 saturated heterocycles. The van der Waals surface area contributed by atoms with E-state index in [1.54, 1.807) is 0 Å². The maximum absolute atomic E-state index is 10.7. The van der Waals surface area contributed by atoms with E-state index in [4.69, 9.17) is 10.2 Å². The number of rotatable bonds is 3. The zero-order chi connectivity index (χ0) is 13.4. The first-order valence-electron chi connectivity index (χ1n) is 5.12. The van der Waals surface area contributed by atoms with Crippen LogP contribution in [-0.2, 0) is 23.9 Å². The average molecular weight is 248 g/mol. The predicted molar refractivity (Wildman–Crippen MR) is 55.1 cm³/mol. The molecule has 1 heterocycles. The molecule has 17 heavy (non-hydrogen) atoms. The minimum atomic E-state index is -0.853. The summed E-state index contributed by atoms with van der Waals surface area (Å²) in [6.45, 7) is 2.92. The second-order valence-corrected chi connectivity index (χ2v) is 3.38. The van der Waals surface area contributed by atoms with Gasteiger partial charge in [-0.15, -0.1) is 0 Å². The summed E-state index contributed by atoms with van der Waals surface area (Å²) in [6.07, 6.45) is -1.07. The first-order valence-corrected chi connectivity index (χ1v) is 5.12. The maximum atomic E-state index is 10.7. The first-order chi connectivity index (χ1) is 7.88. The molecule has 2 unspecified atom stereocenters. The standard InChI is InChI=1S/C6H8O4.C4H8O3/c1-3-5(7)10-4(2)6(8)9-3;5-3-1-2-4(6)7/h3-4H,1-2H3;5H,1-3H2,(H,6,7). The summed E-state index contributed by atoms with van der Waals surface area (Å²) in [5, 5.41) is 16.0. The molecule has 1 aliphatic heterocycles. The van der Waals surface area contributed by atoms with Crippen molar-refractivity contribution in [1.29, 1.82) is 0 Å². The van der Waals surface area contributed by atoms with Gasteiger partial charge in [-0.3, -0.25) is 4.79 Å². The molecule has 0 radical (unpaired) electrons. The van der Waals surface area contributed by atoms with Gasteiger partial charge in [0.25, 0.3) is 0 Å². The van der Waals surface area contributed by atoms with Crippen molar-refractivity contribution in [1.82, 2.24) is 0 Å². The minimum absolute atomic E-state index is 0.0354. The number of aliphatic hydroxyl groups is 1. The zero-order valence-corrected chi connectivity index (χ0v) is 9.71. The van der Waals surface area contributed by atoms with E-state index in [0.29, 0.717) is 6.42 Å². The molecule has 98 valence electrons. The number of cyclic esters (lactones) is 2. The maximum Gasteiger partial charge on any atom is 0.347 e. The normalized spacial score (nSPS) is 23.0. The van der Waals surface area contributed by atoms with E-state index in [-0.39, 0.29) is 13.0 Å². The van der Waals surface area contributed by atoms with Gasteiger partial charge in [0.2, 0.25) is 0 Å². The molecule has 7 heteroatoms. The van der Waals surface area contributed by atoms with Crippen LogP contribution in [0.2, 0.25) is 0 Å². The highest BCUT2D eigenvalue weighted by atomic mass is 16.6. The number of carboxylic acids is 1. The fraction of sp³-hybridized carbons (Fsp3) is 0.700. The molecule has 2 atom stereocenters. The Morgan fingerprint density at radius 1 is 1.18 bits per heavy atom. The number of aliphatic carboxylic acids is 1. The Hall–Kier alpha value is -1.63. The van der Waals surface area contributed by atoms with Crippen molar-refractivity contribution in [3.05, 3.63) is 0 Å². The zero-order valence-electron chi connectivity index (χ0n) is 9.71. The van der Waals surface area contributed by atoms with Crippen molar-refractivity contribution in [2.75, 3.05) is 6.61 Å². The van der Waals surface area contributed by atoms with Gasteiger partial charge in [-0.2, -0.15) is 0 Å². The van der Waals surface area contributed by atoms with Crippen LogP contribution in [0.3, 0.4) is 0 Å². The third-order valence-electron chi connectivity index (χ3n) is 1.80. The summed E-state index contributed by atoms with van der Waals surface area (Å²) in [5.74, 6) is -1.81. The number of aliphatic hydroxyl groups excluding tert-OH is 1. The predicted octanol–water partition coefficient (Wildman–Crippen LogP) is -0.293. The number of carboxylic acid groups (broad SMARTS) is 1. The second-order valence-electron chi connectivity index (χ2n) is 3.38. The number of carbonyl (C=O) groups is 3. The fourth-order valence-electron chi connectivity index (χ4n) is 0.867. The Bertz CT molecular complexity index is 266. The molecule has 0 saturated carbocycles. The van der Waals surface area contributed by atoms with Crippen LogP contribution in [0.25, 0.3) is 0 Å². The lowest BCUT2D eigenvalue weighted by molar-refractivity contribution is -0.191. The molecule has 7 nitrogen and oxygen atoms in total. The highest BCUT2D eigenvalue weighted by molar-refractivity contribution is 5.86. The van der Waals surface area contributed by atoms with Crippen molar-refractivity contribution in [2.45, 2.75) is 38.9 Å². The summed E-state index contributed by atoms with van der Waals surface area (Å²) in [6, 6.07) is 0. The van der Waals surface area contributed by atoms with Gasteiger partial charge < -0.3 is 19.7 Å². The molecule has 1 rings (SSSR count). The van der Waals surface area contributed by atoms with Crippen LogP contribution >= 0.6 is 0 Å². The summed E-state index contributed by atoms with van der Waals surface area (Å²) in [5.41, 5.74) is 0. The molecule has 2 N–H and O–H groups in total. The second kappa shape index (κ2) is 7.61. The van der Waals surface area contributed by atoms with Crippen LogP contribution < -0.4 is 0 Å². The van der Waals surface area contributed by atoms with Gasteiger partial charge in [-0.1, -0.05) is 0 Å². The Morgan fingerprint density at radius 3 is 1.82 bits per heavy atom. The fourth-order valence-corrected chi connectivity index (χ4v) is 0.867. The van der Waals surface area contributed by atoms with Gasteiger partial charge in [-0.25, -0.2) is 9.59 Å². The molecule has 1 fully saturated rings. The summed E-state index contributed by atoms with van der Waals surface area (Å²) in [7, 11) is 0. The van der Waals surface area contributed by atoms with Crippen molar-refractivity contribution in [3.63, 3.8) is 0 Å². The Labute approximate surface area is 98.3 Å². The van der Waals surface area contributed by atoms with Gasteiger partial charge >= 0.3 is 17.9 Å². The van der Waals surface area contributed by atoms with E-state index >= 15 is 0 Å². The van der Waals surface area contributed by atoms with E-state index in [9.17, 15) is 14.4 Å². The van der Waals surface area contributed by atoms with E-state index in [1.807, 2.05) is 0 Å². The van der Waals surface area contributed by atoms with E-state index < -0.39 is 30.1 Å². The molecule has 0 aliphatic carbocycles. The summed E-state index contributed by atoms with van der Waals surface area (Å²) >= 11 is 0. The van der Waals surface area contributed by atoms with Gasteiger partial charge in [0.05, 0.1) is 0 Å². The largest absolute Gasteiger partial charge is 0.481 e. The van der Waals surface area contributed by atoms with Crippen molar-refractivity contribution < 1.29 is 34.1 Å². The average Bonchev–Trinajstić information content (AvgIpc) is 2.24. The lowest BCUT2D eigenvalue weighted by Crippen LogP contribution is -2.40. The number of hydrogen-bond acceptors (Lipinski definition) is 6. The van der Waals surface area contributed by atoms with Crippen LogP contribution in [0, 0.1) is 0 Å². The number of esters is 2. The lowest BCUT2D eigenvalue weighted by Gasteiger charge is -2.22. The van der Waals surface area contributed by atoms with Crippen LogP contribution in [0.1, 0.15) is 26.7 Å². The Morgan fingerprint density at radius 2 is 1.59 bits per heavy atom. The van der Waals surface area contributed by atoms with Crippen molar-refractivity contribution in [2.24, 2.45) is 0 Å². The quantitative estimate of drug-likeness (QED) is 0.660. The topological polar surface area (TPSA) is 110 Å². The number of carbonyl (C=O) groups excluding carboxylic acids is 2. The van der Waals surface area contributed by atoms with Crippen molar-refractivity contribution in [3.8, 4) is 0 Å². The third-order valence-corrected chi connectivity index (χ3v) is 1.80. The molecule has 0 amide bonds. The lowest BCUT2D eigenvalue weighted by atomic mass is 10.3. The molecule has 0 aromatic heterocycles. The molecule has 1 aliphatic rings. The van der Waals surface area contributed by atoms with Crippen LogP contribution in [-0.4, -0.2) is 46.9 Å².